The zero-order valence-corrected chi connectivity index (χ0v) is 18.5. The van der Waals surface area contributed by atoms with Crippen LogP contribution in [-0.2, 0) is 13.1 Å². The van der Waals surface area contributed by atoms with E-state index in [0.29, 0.717) is 40.9 Å². The summed E-state index contributed by atoms with van der Waals surface area (Å²) in [5, 5.41) is 3.37. The number of rotatable bonds is 9. The zero-order valence-electron chi connectivity index (χ0n) is 17.7. The summed E-state index contributed by atoms with van der Waals surface area (Å²) < 4.78 is 7.46. The van der Waals surface area contributed by atoms with E-state index in [9.17, 15) is 9.59 Å². The molecule has 2 aromatic carbocycles. The molecule has 0 atom stereocenters. The molecule has 0 aliphatic heterocycles. The summed E-state index contributed by atoms with van der Waals surface area (Å²) >= 11 is 5.26. The summed E-state index contributed by atoms with van der Waals surface area (Å²) in [6.07, 6.45) is 1.61. The molecule has 0 radical (unpaired) electrons. The van der Waals surface area contributed by atoms with Crippen molar-refractivity contribution in [3.05, 3.63) is 81.4 Å². The molecule has 0 unspecified atom stereocenters. The van der Waals surface area contributed by atoms with Crippen molar-refractivity contribution in [3.8, 4) is 5.75 Å². The minimum atomic E-state index is -0.240. The first-order valence-electron chi connectivity index (χ1n) is 9.91. The largest absolute Gasteiger partial charge is 0.492 e. The molecule has 1 amide bonds. The number of hydrogen-bond acceptors (Lipinski definition) is 5. The van der Waals surface area contributed by atoms with Crippen LogP contribution in [-0.4, -0.2) is 47.6 Å². The molecule has 7 nitrogen and oxygen atoms in total. The molecular weight excluding hydrogens is 412 g/mol. The highest BCUT2D eigenvalue weighted by Crippen LogP contribution is 2.14. The average molecular weight is 439 g/mol. The van der Waals surface area contributed by atoms with Crippen LogP contribution >= 0.6 is 12.2 Å². The van der Waals surface area contributed by atoms with Crippen molar-refractivity contribution in [2.45, 2.75) is 13.1 Å². The van der Waals surface area contributed by atoms with Gasteiger partial charge in [-0.25, -0.2) is 0 Å². The van der Waals surface area contributed by atoms with E-state index in [0.717, 1.165) is 17.9 Å². The SMILES string of the molecule is C=CCn1c(=S)[nH]c2cc(C(=O)NCc3cccc(OCCN(C)C)c3)ccc2c1=O. The second-order valence-corrected chi connectivity index (χ2v) is 7.76. The van der Waals surface area contributed by atoms with Gasteiger partial charge < -0.3 is 19.9 Å². The highest BCUT2D eigenvalue weighted by molar-refractivity contribution is 7.71. The number of aromatic nitrogens is 2. The van der Waals surface area contributed by atoms with Gasteiger partial charge in [-0.15, -0.1) is 6.58 Å². The number of carbonyl (C=O) groups excluding carboxylic acids is 1. The van der Waals surface area contributed by atoms with Crippen molar-refractivity contribution in [2.24, 2.45) is 0 Å². The van der Waals surface area contributed by atoms with Gasteiger partial charge in [-0.1, -0.05) is 18.2 Å². The first kappa shape index (κ1) is 22.5. The number of H-pyrrole nitrogens is 1. The van der Waals surface area contributed by atoms with Crippen LogP contribution < -0.4 is 15.6 Å². The van der Waals surface area contributed by atoms with Crippen molar-refractivity contribution < 1.29 is 9.53 Å². The Morgan fingerprint density at radius 1 is 1.29 bits per heavy atom. The van der Waals surface area contributed by atoms with Gasteiger partial charge in [0.05, 0.1) is 10.9 Å². The lowest BCUT2D eigenvalue weighted by Crippen LogP contribution is -2.24. The molecule has 3 aromatic rings. The number of allylic oxidation sites excluding steroid dienone is 1. The molecule has 0 spiro atoms. The summed E-state index contributed by atoms with van der Waals surface area (Å²) in [4.78, 5) is 30.3. The fourth-order valence-corrected chi connectivity index (χ4v) is 3.33. The van der Waals surface area contributed by atoms with E-state index in [2.05, 4.69) is 21.8 Å². The van der Waals surface area contributed by atoms with E-state index in [1.807, 2.05) is 38.4 Å². The lowest BCUT2D eigenvalue weighted by molar-refractivity contribution is 0.0951. The number of nitrogens with zero attached hydrogens (tertiary/aromatic N) is 2. The summed E-state index contributed by atoms with van der Waals surface area (Å²) in [6, 6.07) is 12.5. The minimum Gasteiger partial charge on any atom is -0.492 e. The third-order valence-corrected chi connectivity index (χ3v) is 5.04. The highest BCUT2D eigenvalue weighted by Gasteiger charge is 2.10. The quantitative estimate of drug-likeness (QED) is 0.396. The molecule has 0 saturated carbocycles. The number of ether oxygens (including phenoxy) is 1. The first-order chi connectivity index (χ1) is 14.9. The standard InChI is InChI=1S/C23H26N4O3S/c1-4-10-27-22(29)19-9-8-17(14-20(19)25-23(27)31)21(28)24-15-16-6-5-7-18(13-16)30-12-11-26(2)3/h4-9,13-14H,1,10-12,15H2,2-3H3,(H,24,28)(H,25,31). The molecule has 0 aliphatic carbocycles. The monoisotopic (exact) mass is 438 g/mol. The van der Waals surface area contributed by atoms with Crippen LogP contribution in [0, 0.1) is 4.77 Å². The Balaban J connectivity index is 1.71. The van der Waals surface area contributed by atoms with Crippen molar-refractivity contribution in [1.29, 1.82) is 0 Å². The molecule has 0 saturated heterocycles. The van der Waals surface area contributed by atoms with Crippen molar-refractivity contribution in [2.75, 3.05) is 27.2 Å². The number of likely N-dealkylation sites (N-methyl/N-ethyl adjacent to an activating group) is 1. The molecule has 8 heteroatoms. The van der Waals surface area contributed by atoms with E-state index >= 15 is 0 Å². The molecule has 1 aromatic heterocycles. The van der Waals surface area contributed by atoms with E-state index < -0.39 is 0 Å². The number of amides is 1. The first-order valence-corrected chi connectivity index (χ1v) is 10.3. The van der Waals surface area contributed by atoms with Gasteiger partial charge in [0, 0.05) is 25.2 Å². The van der Waals surface area contributed by atoms with E-state index in [1.54, 1.807) is 24.3 Å². The second kappa shape index (κ2) is 10.2. The van der Waals surface area contributed by atoms with Gasteiger partial charge in [0.25, 0.3) is 11.5 Å². The zero-order chi connectivity index (χ0) is 22.4. The highest BCUT2D eigenvalue weighted by atomic mass is 32.1. The molecular formula is C23H26N4O3S. The lowest BCUT2D eigenvalue weighted by atomic mass is 10.1. The summed E-state index contributed by atoms with van der Waals surface area (Å²) in [5.74, 6) is 0.526. The Morgan fingerprint density at radius 3 is 2.84 bits per heavy atom. The van der Waals surface area contributed by atoms with Crippen molar-refractivity contribution in [1.82, 2.24) is 19.8 Å². The maximum Gasteiger partial charge on any atom is 0.262 e. The van der Waals surface area contributed by atoms with Gasteiger partial charge in [-0.3, -0.25) is 14.2 Å². The smallest absolute Gasteiger partial charge is 0.262 e. The topological polar surface area (TPSA) is 79.4 Å². The molecule has 1 heterocycles. The Labute approximate surface area is 186 Å². The summed E-state index contributed by atoms with van der Waals surface area (Å²) in [5.41, 5.74) is 1.69. The fourth-order valence-electron chi connectivity index (χ4n) is 3.07. The van der Waals surface area contributed by atoms with Crippen LogP contribution in [0.2, 0.25) is 0 Å². The maximum atomic E-state index is 12.6. The third-order valence-electron chi connectivity index (χ3n) is 4.71. The number of carbonyl (C=O) groups is 1. The predicted octanol–water partition coefficient (Wildman–Crippen LogP) is 3.12. The van der Waals surface area contributed by atoms with Gasteiger partial charge in [0.2, 0.25) is 0 Å². The van der Waals surface area contributed by atoms with Crippen molar-refractivity contribution >= 4 is 29.0 Å². The molecule has 0 aliphatic rings. The Morgan fingerprint density at radius 2 is 2.10 bits per heavy atom. The maximum absolute atomic E-state index is 12.6. The number of aromatic amines is 1. The number of fused-ring (bicyclic) bond motifs is 1. The van der Waals surface area contributed by atoms with Crippen molar-refractivity contribution in [3.63, 3.8) is 0 Å². The normalized spacial score (nSPS) is 10.9. The van der Waals surface area contributed by atoms with Gasteiger partial charge in [-0.05, 0) is 62.2 Å². The molecule has 0 bridgehead atoms. The Bertz CT molecular complexity index is 1210. The van der Waals surface area contributed by atoms with E-state index in [1.165, 1.54) is 4.57 Å². The van der Waals surface area contributed by atoms with Crippen LogP contribution in [0.25, 0.3) is 10.9 Å². The summed E-state index contributed by atoms with van der Waals surface area (Å²) in [7, 11) is 3.98. The minimum absolute atomic E-state index is 0.211. The van der Waals surface area contributed by atoms with Gasteiger partial charge in [0.15, 0.2) is 4.77 Å². The van der Waals surface area contributed by atoms with Gasteiger partial charge in [-0.2, -0.15) is 0 Å². The summed E-state index contributed by atoms with van der Waals surface area (Å²) in [6.45, 7) is 5.75. The fraction of sp³-hybridized carbons (Fsp3) is 0.261. The van der Waals surface area contributed by atoms with Crippen LogP contribution in [0.15, 0.2) is 59.9 Å². The van der Waals surface area contributed by atoms with Crippen LogP contribution in [0.1, 0.15) is 15.9 Å². The molecule has 3 rings (SSSR count). The second-order valence-electron chi connectivity index (χ2n) is 7.38. The van der Waals surface area contributed by atoms with E-state index in [-0.39, 0.29) is 11.5 Å². The van der Waals surface area contributed by atoms with E-state index in [4.69, 9.17) is 17.0 Å². The molecule has 31 heavy (non-hydrogen) atoms. The third kappa shape index (κ3) is 5.68. The molecule has 0 fully saturated rings. The predicted molar refractivity (Wildman–Crippen MR) is 125 cm³/mol. The number of hydrogen-bond donors (Lipinski definition) is 2. The molecule has 162 valence electrons. The van der Waals surface area contributed by atoms with Gasteiger partial charge in [0.1, 0.15) is 12.4 Å². The number of nitrogens with one attached hydrogen (secondary N) is 2. The van der Waals surface area contributed by atoms with Crippen LogP contribution in [0.4, 0.5) is 0 Å². The number of benzene rings is 2. The Hall–Kier alpha value is -3.23. The van der Waals surface area contributed by atoms with Gasteiger partial charge >= 0.3 is 0 Å². The lowest BCUT2D eigenvalue weighted by Gasteiger charge is -2.12. The molecule has 2 N–H and O–H groups in total. The van der Waals surface area contributed by atoms with Crippen LogP contribution in [0.3, 0.4) is 0 Å². The Kier molecular flexibility index (Phi) is 7.38. The average Bonchev–Trinajstić information content (AvgIpc) is 2.74. The van der Waals surface area contributed by atoms with Crippen LogP contribution in [0.5, 0.6) is 5.75 Å².